The van der Waals surface area contributed by atoms with Crippen LogP contribution in [0, 0.1) is 6.57 Å². The molecule has 0 atom stereocenters. The number of hydrazone groups is 1. The van der Waals surface area contributed by atoms with Crippen molar-refractivity contribution in [1.29, 1.82) is 0 Å². The lowest BCUT2D eigenvalue weighted by Gasteiger charge is -2.32. The number of imide groups is 1. The first-order chi connectivity index (χ1) is 21.2. The number of aromatic nitrogens is 2. The molecule has 1 aromatic heterocycles. The zero-order valence-electron chi connectivity index (χ0n) is 28.4. The van der Waals surface area contributed by atoms with E-state index < -0.39 is 41.7 Å². The van der Waals surface area contributed by atoms with E-state index in [1.165, 1.54) is 12.4 Å². The van der Waals surface area contributed by atoms with Gasteiger partial charge in [0.25, 0.3) is 0 Å². The molecule has 0 saturated carbocycles. The summed E-state index contributed by atoms with van der Waals surface area (Å²) in [6.07, 6.45) is 1.64. The number of ether oxygens (including phenoxy) is 3. The van der Waals surface area contributed by atoms with E-state index in [1.54, 1.807) is 71.5 Å². The summed E-state index contributed by atoms with van der Waals surface area (Å²) in [5, 5.41) is 4.60. The fraction of sp³-hybridized carbons (Fsp3) is 0.531. The molecule has 4 rings (SSSR count). The summed E-state index contributed by atoms with van der Waals surface area (Å²) in [7, 11) is 1.14. The Bertz CT molecular complexity index is 1570. The quantitative estimate of drug-likeness (QED) is 0.215. The van der Waals surface area contributed by atoms with Gasteiger partial charge in [0, 0.05) is 18.0 Å². The van der Waals surface area contributed by atoms with Gasteiger partial charge in [0.05, 0.1) is 29.9 Å². The first-order valence-electron chi connectivity index (χ1n) is 14.9. The minimum absolute atomic E-state index is 0.175. The van der Waals surface area contributed by atoms with Crippen molar-refractivity contribution in [3.63, 3.8) is 0 Å². The lowest BCUT2D eigenvalue weighted by atomic mass is 9.80. The van der Waals surface area contributed by atoms with Crippen molar-refractivity contribution in [2.45, 2.75) is 105 Å². The third-order valence-corrected chi connectivity index (χ3v) is 7.33. The molecule has 0 spiro atoms. The molecule has 0 bridgehead atoms. The number of nitrogens with zero attached hydrogens (tertiary/aromatic N) is 6. The number of amides is 2. The van der Waals surface area contributed by atoms with Crippen molar-refractivity contribution in [3.8, 4) is 17.1 Å². The van der Waals surface area contributed by atoms with E-state index in [-0.39, 0.29) is 6.54 Å². The fourth-order valence-corrected chi connectivity index (χ4v) is 4.34. The van der Waals surface area contributed by atoms with Gasteiger partial charge in [-0.25, -0.2) is 29.3 Å². The second-order valence-corrected chi connectivity index (χ2v) is 14.1. The molecular weight excluding hydrogens is 591 g/mol. The van der Waals surface area contributed by atoms with E-state index in [9.17, 15) is 9.59 Å². The second kappa shape index (κ2) is 12.5. The van der Waals surface area contributed by atoms with Crippen molar-refractivity contribution in [2.75, 3.05) is 7.05 Å². The molecule has 2 aliphatic rings. The third kappa shape index (κ3) is 8.08. The van der Waals surface area contributed by atoms with Crippen molar-refractivity contribution < 1.29 is 37.8 Å². The van der Waals surface area contributed by atoms with Gasteiger partial charge in [0.1, 0.15) is 29.0 Å². The molecule has 13 nitrogen and oxygen atoms in total. The number of carbonyl (C=O) groups excluding carboxylic acids is 2. The van der Waals surface area contributed by atoms with Crippen LogP contribution < -0.4 is 4.74 Å². The number of hydrogen-bond acceptors (Lipinski definition) is 10. The van der Waals surface area contributed by atoms with Crippen LogP contribution in [0.25, 0.3) is 16.2 Å². The van der Waals surface area contributed by atoms with E-state index in [0.717, 1.165) is 4.90 Å². The number of hydrogen-bond donors (Lipinski definition) is 0. The van der Waals surface area contributed by atoms with Crippen LogP contribution in [-0.2, 0) is 25.3 Å². The van der Waals surface area contributed by atoms with Gasteiger partial charge in [-0.15, -0.1) is 0 Å². The molecule has 0 unspecified atom stereocenters. The minimum atomic E-state index is -0.851. The van der Waals surface area contributed by atoms with Crippen LogP contribution in [0.15, 0.2) is 35.7 Å². The summed E-state index contributed by atoms with van der Waals surface area (Å²) in [6, 6.07) is 4.96. The van der Waals surface area contributed by atoms with Crippen molar-refractivity contribution in [3.05, 3.63) is 47.6 Å². The first kappa shape index (κ1) is 34.5. The van der Waals surface area contributed by atoms with Crippen LogP contribution in [0.5, 0.6) is 5.75 Å². The normalized spacial score (nSPS) is 17.3. The fourth-order valence-electron chi connectivity index (χ4n) is 4.34. The smallest absolute Gasteiger partial charge is 0.443 e. The van der Waals surface area contributed by atoms with Crippen molar-refractivity contribution >= 4 is 36.5 Å². The Kier molecular flexibility index (Phi) is 9.35. The SMILES string of the molecule is [C-]#[N+]c1ccc(-c2ncc(CN(C(=O)OC(C)(C)C)C(=O)OC(C)(C)C)cn2)c(OC2=[N+](C)N=C(B3OC(C)(C)C(C)(C)O3)C2)c1. The summed E-state index contributed by atoms with van der Waals surface area (Å²) in [6.45, 7) is 25.5. The van der Waals surface area contributed by atoms with Crippen molar-refractivity contribution in [1.82, 2.24) is 14.9 Å². The van der Waals surface area contributed by atoms with Gasteiger partial charge in [-0.05, 0) is 80.4 Å². The Morgan fingerprint density at radius 1 is 1.00 bits per heavy atom. The van der Waals surface area contributed by atoms with E-state index in [1.807, 2.05) is 27.7 Å². The Hall–Kier alpha value is -4.35. The zero-order chi connectivity index (χ0) is 34.2. The second-order valence-electron chi connectivity index (χ2n) is 14.1. The lowest BCUT2D eigenvalue weighted by Crippen LogP contribution is -2.43. The molecule has 1 aromatic carbocycles. The highest BCUT2D eigenvalue weighted by molar-refractivity contribution is 6.83. The largest absolute Gasteiger partial charge is 0.517 e. The summed E-state index contributed by atoms with van der Waals surface area (Å²) in [4.78, 5) is 39.3. The third-order valence-electron chi connectivity index (χ3n) is 7.33. The molecule has 2 aromatic rings. The van der Waals surface area contributed by atoms with Crippen LogP contribution in [0.3, 0.4) is 0 Å². The molecular formula is C32H42BN6O7+. The Morgan fingerprint density at radius 2 is 1.54 bits per heavy atom. The first-order valence-corrected chi connectivity index (χ1v) is 14.9. The average molecular weight is 634 g/mol. The summed E-state index contributed by atoms with van der Waals surface area (Å²) in [5.41, 5.74) is -0.653. The van der Waals surface area contributed by atoms with Crippen LogP contribution in [0.1, 0.15) is 81.2 Å². The molecule has 1 fully saturated rings. The Labute approximate surface area is 270 Å². The van der Waals surface area contributed by atoms with Gasteiger partial charge in [-0.2, -0.15) is 0 Å². The van der Waals surface area contributed by atoms with Gasteiger partial charge >= 0.3 is 25.2 Å². The van der Waals surface area contributed by atoms with E-state index in [2.05, 4.69) is 19.9 Å². The molecule has 3 heterocycles. The highest BCUT2D eigenvalue weighted by Gasteiger charge is 2.55. The summed E-state index contributed by atoms with van der Waals surface area (Å²) < 4.78 is 31.2. The Morgan fingerprint density at radius 3 is 2.04 bits per heavy atom. The zero-order valence-corrected chi connectivity index (χ0v) is 28.4. The van der Waals surface area contributed by atoms with Crippen molar-refractivity contribution in [2.24, 2.45) is 5.10 Å². The molecule has 2 aliphatic heterocycles. The van der Waals surface area contributed by atoms with Gasteiger partial charge < -0.3 is 23.5 Å². The number of benzene rings is 1. The van der Waals surface area contributed by atoms with Crippen LogP contribution in [0.4, 0.5) is 15.3 Å². The molecule has 0 radical (unpaired) electrons. The molecule has 14 heteroatoms. The molecule has 1 saturated heterocycles. The maximum absolute atomic E-state index is 12.9. The predicted molar refractivity (Wildman–Crippen MR) is 172 cm³/mol. The van der Waals surface area contributed by atoms with Gasteiger partial charge in [-0.3, -0.25) is 0 Å². The maximum Gasteiger partial charge on any atom is 0.517 e. The monoisotopic (exact) mass is 633 g/mol. The molecule has 0 aliphatic carbocycles. The average Bonchev–Trinajstić information content (AvgIpc) is 3.39. The van der Waals surface area contributed by atoms with Crippen LogP contribution in [-0.4, -0.2) is 79.8 Å². The summed E-state index contributed by atoms with van der Waals surface area (Å²) >= 11 is 0. The highest BCUT2D eigenvalue weighted by atomic mass is 16.7. The van der Waals surface area contributed by atoms with Gasteiger partial charge in [-0.1, -0.05) is 16.8 Å². The van der Waals surface area contributed by atoms with E-state index >= 15 is 0 Å². The highest BCUT2D eigenvalue weighted by Crippen LogP contribution is 2.38. The van der Waals surface area contributed by atoms with Gasteiger partial charge in [0.15, 0.2) is 18.6 Å². The number of rotatable bonds is 5. The maximum atomic E-state index is 12.9. The van der Waals surface area contributed by atoms with Crippen LogP contribution in [0.2, 0.25) is 0 Å². The minimum Gasteiger partial charge on any atom is -0.443 e. The van der Waals surface area contributed by atoms with E-state index in [4.69, 9.17) is 30.1 Å². The van der Waals surface area contributed by atoms with E-state index in [0.29, 0.717) is 46.3 Å². The summed E-state index contributed by atoms with van der Waals surface area (Å²) in [5.74, 6) is 1.18. The lowest BCUT2D eigenvalue weighted by molar-refractivity contribution is -0.506. The molecule has 0 N–H and O–H groups in total. The standard InChI is InChI=1S/C32H42BN6O7/c1-29(2,3)43-27(40)39(28(41)44-30(4,5)6)19-20-17-35-26(36-18-20)22-14-13-21(34-11)15-23(22)42-25-16-24(37-38(25)12)33-45-31(7,8)32(9,10)46-33/h13-15,17-18H,16,19H2,1-10,12H3/q+1. The molecule has 46 heavy (non-hydrogen) atoms. The predicted octanol–water partition coefficient (Wildman–Crippen LogP) is 6.18. The van der Waals surface area contributed by atoms with Gasteiger partial charge in [0.2, 0.25) is 0 Å². The van der Waals surface area contributed by atoms with Crippen LogP contribution >= 0.6 is 0 Å². The molecule has 2 amide bonds. The Balaban J connectivity index is 1.55. The number of carbonyl (C=O) groups is 2. The topological polar surface area (TPSA) is 129 Å². The molecule has 244 valence electrons.